The number of piperazine rings is 1. The van der Waals surface area contributed by atoms with E-state index in [-0.39, 0.29) is 5.91 Å². The predicted molar refractivity (Wildman–Crippen MR) is 152 cm³/mol. The molecule has 0 radical (unpaired) electrons. The zero-order valence-electron chi connectivity index (χ0n) is 23.6. The first-order valence-electron chi connectivity index (χ1n) is 14.4. The molecule has 11 heteroatoms. The minimum absolute atomic E-state index is 0.0954. The highest BCUT2D eigenvalue weighted by atomic mass is 19.4. The zero-order chi connectivity index (χ0) is 29.3. The number of rotatable bonds is 6. The fourth-order valence-electron chi connectivity index (χ4n) is 5.85. The van der Waals surface area contributed by atoms with Crippen molar-refractivity contribution in [2.75, 3.05) is 39.3 Å². The number of amides is 1. The summed E-state index contributed by atoms with van der Waals surface area (Å²) in [7, 11) is 0. The summed E-state index contributed by atoms with van der Waals surface area (Å²) in [4.78, 5) is 28.5. The summed E-state index contributed by atoms with van der Waals surface area (Å²) in [5, 5.41) is 4.55. The Morgan fingerprint density at radius 1 is 0.881 bits per heavy atom. The fourth-order valence-corrected chi connectivity index (χ4v) is 5.85. The quantitative estimate of drug-likeness (QED) is 0.328. The Morgan fingerprint density at radius 2 is 1.60 bits per heavy atom. The van der Waals surface area contributed by atoms with Gasteiger partial charge in [-0.1, -0.05) is 12.1 Å². The van der Waals surface area contributed by atoms with Gasteiger partial charge >= 0.3 is 6.18 Å². The van der Waals surface area contributed by atoms with Gasteiger partial charge in [0, 0.05) is 57.9 Å². The van der Waals surface area contributed by atoms with Crippen LogP contribution in [0.25, 0.3) is 5.52 Å². The van der Waals surface area contributed by atoms with E-state index >= 15 is 0 Å². The zero-order valence-corrected chi connectivity index (χ0v) is 23.6. The molecule has 6 rings (SSSR count). The van der Waals surface area contributed by atoms with E-state index in [0.717, 1.165) is 67.1 Å². The predicted octanol–water partition coefficient (Wildman–Crippen LogP) is 4.79. The van der Waals surface area contributed by atoms with Crippen molar-refractivity contribution < 1.29 is 18.0 Å². The van der Waals surface area contributed by atoms with E-state index in [9.17, 15) is 18.0 Å². The highest BCUT2D eigenvalue weighted by Gasteiger charge is 2.30. The van der Waals surface area contributed by atoms with Crippen molar-refractivity contribution in [2.24, 2.45) is 0 Å². The van der Waals surface area contributed by atoms with E-state index in [1.807, 2.05) is 31.6 Å². The number of benzene rings is 1. The number of nitrogens with zero attached hydrogens (tertiary/aromatic N) is 7. The van der Waals surface area contributed by atoms with Crippen LogP contribution in [0.4, 0.5) is 13.2 Å². The van der Waals surface area contributed by atoms with Crippen molar-refractivity contribution in [1.82, 2.24) is 34.3 Å². The summed E-state index contributed by atoms with van der Waals surface area (Å²) in [6, 6.07) is 11.4. The lowest BCUT2D eigenvalue weighted by atomic mass is 9.90. The van der Waals surface area contributed by atoms with Crippen LogP contribution in [0, 0.1) is 6.92 Å². The van der Waals surface area contributed by atoms with Crippen LogP contribution in [0.2, 0.25) is 0 Å². The molecule has 4 aromatic rings. The highest BCUT2D eigenvalue weighted by molar-refractivity contribution is 5.93. The Bertz CT molecular complexity index is 1520. The van der Waals surface area contributed by atoms with Crippen LogP contribution in [-0.4, -0.2) is 79.5 Å². The number of aryl methyl sites for hydroxylation is 1. The van der Waals surface area contributed by atoms with Gasteiger partial charge in [-0.2, -0.15) is 18.3 Å². The first-order chi connectivity index (χ1) is 20.2. The number of pyridine rings is 1. The molecule has 3 aromatic heterocycles. The van der Waals surface area contributed by atoms with E-state index in [1.165, 1.54) is 17.7 Å². The van der Waals surface area contributed by atoms with Gasteiger partial charge in [0.25, 0.3) is 5.91 Å². The van der Waals surface area contributed by atoms with Gasteiger partial charge in [-0.25, -0.2) is 4.52 Å². The molecular formula is C31H34F3N7O. The van der Waals surface area contributed by atoms with E-state index in [2.05, 4.69) is 37.0 Å². The second-order valence-corrected chi connectivity index (χ2v) is 11.3. The van der Waals surface area contributed by atoms with Crippen LogP contribution in [0.5, 0.6) is 0 Å². The molecule has 220 valence electrons. The fraction of sp³-hybridized carbons (Fsp3) is 0.419. The number of hydrogen-bond donors (Lipinski definition) is 0. The number of likely N-dealkylation sites (tertiary alicyclic amines) is 1. The summed E-state index contributed by atoms with van der Waals surface area (Å²) in [6.45, 7) is 7.71. The van der Waals surface area contributed by atoms with E-state index in [1.54, 1.807) is 9.42 Å². The molecule has 2 aliphatic heterocycles. The molecule has 1 amide bonds. The van der Waals surface area contributed by atoms with Crippen LogP contribution in [-0.2, 0) is 19.3 Å². The van der Waals surface area contributed by atoms with Crippen molar-refractivity contribution in [3.05, 3.63) is 94.8 Å². The second-order valence-electron chi connectivity index (χ2n) is 11.3. The maximum absolute atomic E-state index is 13.3. The molecule has 0 spiro atoms. The third-order valence-corrected chi connectivity index (χ3v) is 8.33. The van der Waals surface area contributed by atoms with Gasteiger partial charge in [0.1, 0.15) is 0 Å². The lowest BCUT2D eigenvalue weighted by Gasteiger charge is -2.34. The molecule has 42 heavy (non-hydrogen) atoms. The lowest BCUT2D eigenvalue weighted by molar-refractivity contribution is -0.137. The first-order valence-corrected chi connectivity index (χ1v) is 14.4. The Balaban J connectivity index is 1.02. The number of alkyl halides is 3. The molecule has 2 saturated heterocycles. The van der Waals surface area contributed by atoms with Crippen LogP contribution in [0.3, 0.4) is 0 Å². The van der Waals surface area contributed by atoms with Crippen molar-refractivity contribution in [3.63, 3.8) is 0 Å². The van der Waals surface area contributed by atoms with Gasteiger partial charge in [-0.15, -0.1) is 0 Å². The number of aromatic nitrogens is 4. The minimum Gasteiger partial charge on any atom is -0.335 e. The van der Waals surface area contributed by atoms with Crippen LogP contribution < -0.4 is 0 Å². The van der Waals surface area contributed by atoms with Gasteiger partial charge in [-0.3, -0.25) is 24.6 Å². The SMILES string of the molecule is Cc1cnc(CN2CCC(c3ccn4nc(C(=O)N5CCN(Cc6ccc(C(F)(F)F)cc6)CC5)cc4c3)CC2)cn1. The van der Waals surface area contributed by atoms with Gasteiger partial charge in [0.2, 0.25) is 0 Å². The largest absolute Gasteiger partial charge is 0.416 e. The maximum Gasteiger partial charge on any atom is 0.416 e. The Kier molecular flexibility index (Phi) is 7.96. The van der Waals surface area contributed by atoms with Crippen molar-refractivity contribution in [1.29, 1.82) is 0 Å². The number of halogens is 3. The van der Waals surface area contributed by atoms with E-state index in [0.29, 0.717) is 44.3 Å². The first kappa shape index (κ1) is 28.3. The Hall–Kier alpha value is -3.83. The monoisotopic (exact) mass is 577 g/mol. The number of hydrogen-bond acceptors (Lipinski definition) is 6. The number of carbonyl (C=O) groups excluding carboxylic acids is 1. The number of carbonyl (C=O) groups is 1. The van der Waals surface area contributed by atoms with Crippen molar-refractivity contribution >= 4 is 11.4 Å². The lowest BCUT2D eigenvalue weighted by Crippen LogP contribution is -2.48. The van der Waals surface area contributed by atoms with Gasteiger partial charge < -0.3 is 4.90 Å². The third kappa shape index (κ3) is 6.47. The minimum atomic E-state index is -4.33. The normalized spacial score (nSPS) is 17.7. The van der Waals surface area contributed by atoms with Gasteiger partial charge in [0.05, 0.1) is 22.5 Å². The summed E-state index contributed by atoms with van der Waals surface area (Å²) >= 11 is 0. The van der Waals surface area contributed by atoms with Crippen LogP contribution >= 0.6 is 0 Å². The highest BCUT2D eigenvalue weighted by Crippen LogP contribution is 2.30. The van der Waals surface area contributed by atoms with E-state index in [4.69, 9.17) is 0 Å². The van der Waals surface area contributed by atoms with Crippen molar-refractivity contribution in [2.45, 2.75) is 44.9 Å². The Labute approximate surface area is 242 Å². The second kappa shape index (κ2) is 11.8. The van der Waals surface area contributed by atoms with Crippen LogP contribution in [0.1, 0.15) is 57.3 Å². The molecule has 2 fully saturated rings. The molecule has 1 aromatic carbocycles. The summed E-state index contributed by atoms with van der Waals surface area (Å²) in [5.41, 5.74) is 4.72. The van der Waals surface area contributed by atoms with Gasteiger partial charge in [0.15, 0.2) is 5.69 Å². The molecule has 0 N–H and O–H groups in total. The molecule has 0 unspecified atom stereocenters. The molecule has 5 heterocycles. The number of fused-ring (bicyclic) bond motifs is 1. The van der Waals surface area contributed by atoms with Crippen LogP contribution in [0.15, 0.2) is 61.1 Å². The van der Waals surface area contributed by atoms with Gasteiger partial charge in [-0.05, 0) is 80.2 Å². The number of piperidine rings is 1. The maximum atomic E-state index is 13.3. The average Bonchev–Trinajstić information content (AvgIpc) is 3.42. The molecule has 8 nitrogen and oxygen atoms in total. The summed E-state index contributed by atoms with van der Waals surface area (Å²) in [5.74, 6) is 0.365. The standard InChI is InChI=1S/C31H34F3N7O/c1-22-18-36-27(19-35-22)21-38-9-6-24(7-10-38)25-8-11-41-28(16-25)17-29(37-41)30(42)40-14-12-39(13-15-40)20-23-2-4-26(5-3-23)31(32,33)34/h2-5,8,11,16-19,24H,6-7,9-10,12-15,20-21H2,1H3. The van der Waals surface area contributed by atoms with Crippen molar-refractivity contribution in [3.8, 4) is 0 Å². The third-order valence-electron chi connectivity index (χ3n) is 8.33. The molecule has 2 aliphatic rings. The summed E-state index contributed by atoms with van der Waals surface area (Å²) in [6.07, 6.45) is 3.40. The Morgan fingerprint density at radius 3 is 2.26 bits per heavy atom. The average molecular weight is 578 g/mol. The molecule has 0 atom stereocenters. The molecule has 0 aliphatic carbocycles. The summed E-state index contributed by atoms with van der Waals surface area (Å²) < 4.78 is 40.3. The molecular weight excluding hydrogens is 543 g/mol. The van der Waals surface area contributed by atoms with E-state index < -0.39 is 11.7 Å². The topological polar surface area (TPSA) is 69.9 Å². The molecule has 0 bridgehead atoms. The molecule has 0 saturated carbocycles. The smallest absolute Gasteiger partial charge is 0.335 e.